The highest BCUT2D eigenvalue weighted by atomic mass is 35.5. The van der Waals surface area contributed by atoms with Gasteiger partial charge in [-0.3, -0.25) is 0 Å². The van der Waals surface area contributed by atoms with Crippen LogP contribution < -0.4 is 5.73 Å². The average molecular weight is 379 g/mol. The van der Waals surface area contributed by atoms with Crippen LogP contribution in [-0.4, -0.2) is 28.9 Å². The summed E-state index contributed by atoms with van der Waals surface area (Å²) in [7, 11) is -3.69. The summed E-state index contributed by atoms with van der Waals surface area (Å²) >= 11 is 0. The second kappa shape index (κ2) is 7.77. The first-order valence-corrected chi connectivity index (χ1v) is 8.99. The molecule has 2 heterocycles. The van der Waals surface area contributed by atoms with Crippen LogP contribution in [0.15, 0.2) is 53.7 Å². The number of halogens is 1. The Balaban J connectivity index is 0.00000225. The van der Waals surface area contributed by atoms with Crippen LogP contribution in [0, 0.1) is 6.92 Å². The van der Waals surface area contributed by atoms with E-state index >= 15 is 0 Å². The number of nitrogens with zero attached hydrogens (tertiary/aromatic N) is 3. The van der Waals surface area contributed by atoms with Gasteiger partial charge in [0.2, 0.25) is 0 Å². The van der Waals surface area contributed by atoms with Crippen molar-refractivity contribution in [1.29, 1.82) is 0 Å². The zero-order valence-electron chi connectivity index (χ0n) is 13.7. The van der Waals surface area contributed by atoms with Crippen LogP contribution in [0.2, 0.25) is 0 Å². The van der Waals surface area contributed by atoms with Crippen molar-refractivity contribution in [2.75, 3.05) is 6.54 Å². The third-order valence-corrected chi connectivity index (χ3v) is 5.25. The Morgan fingerprint density at radius 3 is 2.60 bits per heavy atom. The highest BCUT2D eigenvalue weighted by molar-refractivity contribution is 7.90. The fourth-order valence-corrected chi connectivity index (χ4v) is 3.60. The smallest absolute Gasteiger partial charge is 0.269 e. The fourth-order valence-electron chi connectivity index (χ4n) is 2.30. The number of aryl methyl sites for hydroxylation is 1. The molecule has 132 valence electrons. The number of benzene rings is 1. The molecule has 0 aliphatic carbocycles. The lowest BCUT2D eigenvalue weighted by Gasteiger charge is -2.07. The predicted molar refractivity (Wildman–Crippen MR) is 101 cm³/mol. The van der Waals surface area contributed by atoms with E-state index in [9.17, 15) is 8.42 Å². The quantitative estimate of drug-likeness (QED) is 0.737. The van der Waals surface area contributed by atoms with Crippen molar-refractivity contribution < 1.29 is 8.42 Å². The zero-order valence-corrected chi connectivity index (χ0v) is 15.3. The van der Waals surface area contributed by atoms with Gasteiger partial charge in [-0.2, -0.15) is 0 Å². The Hall–Kier alpha value is -2.22. The summed E-state index contributed by atoms with van der Waals surface area (Å²) in [5.74, 6) is 0. The van der Waals surface area contributed by atoms with Gasteiger partial charge in [0, 0.05) is 6.20 Å². The molecule has 0 spiro atoms. The third-order valence-electron chi connectivity index (χ3n) is 3.57. The van der Waals surface area contributed by atoms with Crippen LogP contribution in [0.4, 0.5) is 0 Å². The van der Waals surface area contributed by atoms with Gasteiger partial charge in [0.1, 0.15) is 5.52 Å². The number of hydrogen-bond donors (Lipinski definition) is 1. The van der Waals surface area contributed by atoms with E-state index in [2.05, 4.69) is 9.97 Å². The molecule has 0 fully saturated rings. The van der Waals surface area contributed by atoms with Crippen LogP contribution in [0.25, 0.3) is 17.2 Å². The Kier molecular flexibility index (Phi) is 5.94. The Morgan fingerprint density at radius 1 is 1.20 bits per heavy atom. The van der Waals surface area contributed by atoms with Crippen LogP contribution in [0.3, 0.4) is 0 Å². The molecule has 3 aromatic rings. The Morgan fingerprint density at radius 2 is 1.92 bits per heavy atom. The molecule has 2 N–H and O–H groups in total. The van der Waals surface area contributed by atoms with E-state index in [1.165, 1.54) is 6.20 Å². The molecule has 0 radical (unpaired) electrons. The molecule has 2 aromatic heterocycles. The molecule has 0 aliphatic heterocycles. The lowest BCUT2D eigenvalue weighted by atomic mass is 10.2. The molecule has 1 aromatic carbocycles. The molecule has 6 nitrogen and oxygen atoms in total. The molecule has 25 heavy (non-hydrogen) atoms. The molecule has 0 atom stereocenters. The van der Waals surface area contributed by atoms with Crippen molar-refractivity contribution in [1.82, 2.24) is 13.9 Å². The second-order valence-corrected chi connectivity index (χ2v) is 7.23. The van der Waals surface area contributed by atoms with Gasteiger partial charge in [0.25, 0.3) is 10.0 Å². The van der Waals surface area contributed by atoms with Gasteiger partial charge in [-0.15, -0.1) is 12.4 Å². The molecule has 0 saturated heterocycles. The monoisotopic (exact) mass is 378 g/mol. The lowest BCUT2D eigenvalue weighted by Crippen LogP contribution is -2.12. The minimum absolute atomic E-state index is 0. The maximum Gasteiger partial charge on any atom is 0.269 e. The summed E-state index contributed by atoms with van der Waals surface area (Å²) in [4.78, 5) is 8.90. The number of rotatable bonds is 5. The van der Waals surface area contributed by atoms with Gasteiger partial charge >= 0.3 is 0 Å². The molecule has 3 rings (SSSR count). The standard InChI is InChI=1S/C17H18N4O2S.ClH/c1-13-5-7-15(8-6-13)24(22,23)21-11-9-16-17(21)19-12-14(20-16)4-2-3-10-18;/h2,4-9,11-12H,3,10,18H2,1H3;1H/b4-2+;. The van der Waals surface area contributed by atoms with Crippen molar-refractivity contribution in [2.45, 2.75) is 18.2 Å². The topological polar surface area (TPSA) is 90.9 Å². The Labute approximate surface area is 152 Å². The van der Waals surface area contributed by atoms with E-state index in [4.69, 9.17) is 5.73 Å². The minimum atomic E-state index is -3.69. The number of fused-ring (bicyclic) bond motifs is 1. The molecular weight excluding hydrogens is 360 g/mol. The van der Waals surface area contributed by atoms with Crippen molar-refractivity contribution in [2.24, 2.45) is 5.73 Å². The molecule has 0 amide bonds. The van der Waals surface area contributed by atoms with E-state index in [0.717, 1.165) is 16.0 Å². The molecule has 0 bridgehead atoms. The van der Waals surface area contributed by atoms with Gasteiger partial charge in [0.05, 0.1) is 16.8 Å². The van der Waals surface area contributed by atoms with Gasteiger partial charge in [-0.25, -0.2) is 22.4 Å². The minimum Gasteiger partial charge on any atom is -0.330 e. The van der Waals surface area contributed by atoms with E-state index < -0.39 is 10.0 Å². The summed E-state index contributed by atoms with van der Waals surface area (Å²) in [6.07, 6.45) is 7.52. The first kappa shape index (κ1) is 19.1. The number of hydrogen-bond acceptors (Lipinski definition) is 5. The summed E-state index contributed by atoms with van der Waals surface area (Å²) in [5.41, 5.74) is 7.95. The van der Waals surface area contributed by atoms with Gasteiger partial charge in [-0.1, -0.05) is 23.8 Å². The van der Waals surface area contributed by atoms with Gasteiger partial charge in [-0.05, 0) is 44.2 Å². The van der Waals surface area contributed by atoms with Crippen molar-refractivity contribution in [3.63, 3.8) is 0 Å². The van der Waals surface area contributed by atoms with E-state index in [1.54, 1.807) is 36.5 Å². The molecular formula is C17H19ClN4O2S. The van der Waals surface area contributed by atoms with Crippen LogP contribution in [0.1, 0.15) is 17.7 Å². The average Bonchev–Trinajstić information content (AvgIpc) is 2.99. The van der Waals surface area contributed by atoms with Gasteiger partial charge in [0.15, 0.2) is 5.65 Å². The zero-order chi connectivity index (χ0) is 17.2. The summed E-state index contributed by atoms with van der Waals surface area (Å²) in [6.45, 7) is 2.48. The van der Waals surface area contributed by atoms with Crippen molar-refractivity contribution >= 4 is 39.7 Å². The molecule has 0 unspecified atom stereocenters. The van der Waals surface area contributed by atoms with Crippen LogP contribution in [0.5, 0.6) is 0 Å². The van der Waals surface area contributed by atoms with Gasteiger partial charge < -0.3 is 5.73 Å². The maximum absolute atomic E-state index is 12.8. The molecule has 0 aliphatic rings. The van der Waals surface area contributed by atoms with Crippen molar-refractivity contribution in [3.05, 3.63) is 60.1 Å². The van der Waals surface area contributed by atoms with E-state index in [0.29, 0.717) is 23.4 Å². The first-order chi connectivity index (χ1) is 11.5. The highest BCUT2D eigenvalue weighted by Crippen LogP contribution is 2.20. The van der Waals surface area contributed by atoms with E-state index in [-0.39, 0.29) is 17.3 Å². The largest absolute Gasteiger partial charge is 0.330 e. The lowest BCUT2D eigenvalue weighted by molar-refractivity contribution is 0.588. The fraction of sp³-hybridized carbons (Fsp3) is 0.176. The van der Waals surface area contributed by atoms with Crippen LogP contribution >= 0.6 is 12.4 Å². The normalized spacial score (nSPS) is 11.8. The summed E-state index contributed by atoms with van der Waals surface area (Å²) in [6, 6.07) is 8.37. The van der Waals surface area contributed by atoms with E-state index in [1.807, 2.05) is 19.1 Å². The third kappa shape index (κ3) is 3.89. The summed E-state index contributed by atoms with van der Waals surface area (Å²) < 4.78 is 26.7. The van der Waals surface area contributed by atoms with Crippen molar-refractivity contribution in [3.8, 4) is 0 Å². The van der Waals surface area contributed by atoms with Crippen LogP contribution in [-0.2, 0) is 10.0 Å². The maximum atomic E-state index is 12.8. The SMILES string of the molecule is Cc1ccc(S(=O)(=O)n2ccc3nc(/C=C/CCN)cnc32)cc1.Cl. The predicted octanol–water partition coefficient (Wildman–Crippen LogP) is 2.76. The summed E-state index contributed by atoms with van der Waals surface area (Å²) in [5, 5.41) is 0. The highest BCUT2D eigenvalue weighted by Gasteiger charge is 2.19. The first-order valence-electron chi connectivity index (χ1n) is 7.55. The second-order valence-electron chi connectivity index (χ2n) is 5.41. The number of aromatic nitrogens is 3. The molecule has 0 saturated carbocycles. The molecule has 8 heteroatoms. The number of nitrogens with two attached hydrogens (primary N) is 1. The Bertz CT molecular complexity index is 995.